The number of piperidine rings is 1. The molecule has 0 aromatic carbocycles. The van der Waals surface area contributed by atoms with E-state index in [9.17, 15) is 14.3 Å². The van der Waals surface area contributed by atoms with Crippen molar-refractivity contribution in [3.63, 3.8) is 0 Å². The molecular weight excluding hydrogens is 425 g/mol. The summed E-state index contributed by atoms with van der Waals surface area (Å²) in [5, 5.41) is 0. The molecule has 1 amide bonds. The van der Waals surface area contributed by atoms with E-state index in [4.69, 9.17) is 9.05 Å². The van der Waals surface area contributed by atoms with Crippen LogP contribution < -0.4 is 0 Å². The zero-order valence-corrected chi connectivity index (χ0v) is 23.5. The van der Waals surface area contributed by atoms with Gasteiger partial charge in [-0.3, -0.25) is 13.8 Å². The number of hydrogen-bond acceptors (Lipinski definition) is 4. The Labute approximate surface area is 197 Å². The van der Waals surface area contributed by atoms with Crippen molar-refractivity contribution in [3.05, 3.63) is 0 Å². The molecule has 190 valence electrons. The molecule has 1 fully saturated rings. The Morgan fingerprint density at radius 3 is 1.97 bits per heavy atom. The second-order valence-corrected chi connectivity index (χ2v) is 14.3. The number of phosphoric acid groups is 1. The van der Waals surface area contributed by atoms with Crippen LogP contribution >= 0.6 is 7.82 Å². The maximum Gasteiger partial charge on any atom is 0.472 e. The monoisotopic (exact) mass is 475 g/mol. The first-order valence-corrected chi connectivity index (χ1v) is 13.7. The van der Waals surface area contributed by atoms with Crippen molar-refractivity contribution in [2.75, 3.05) is 13.1 Å². The van der Waals surface area contributed by atoms with Crippen molar-refractivity contribution < 1.29 is 23.3 Å². The summed E-state index contributed by atoms with van der Waals surface area (Å²) in [5.41, 5.74) is -1.18. The van der Waals surface area contributed by atoms with Gasteiger partial charge in [0.2, 0.25) is 5.91 Å². The highest BCUT2D eigenvalue weighted by atomic mass is 31.2. The Kier molecular flexibility index (Phi) is 9.68. The number of carbonyl (C=O) groups excluding carboxylic acids is 1. The van der Waals surface area contributed by atoms with E-state index in [1.54, 1.807) is 0 Å². The quantitative estimate of drug-likeness (QED) is 0.351. The van der Waals surface area contributed by atoms with Crippen LogP contribution in [0.3, 0.4) is 0 Å². The highest BCUT2D eigenvalue weighted by molar-refractivity contribution is 7.47. The lowest BCUT2D eigenvalue weighted by Crippen LogP contribution is -2.48. The van der Waals surface area contributed by atoms with Crippen LogP contribution in [0.4, 0.5) is 0 Å². The predicted octanol–water partition coefficient (Wildman–Crippen LogP) is 6.81. The third-order valence-corrected chi connectivity index (χ3v) is 8.04. The molecule has 0 aliphatic carbocycles. The average molecular weight is 476 g/mol. The van der Waals surface area contributed by atoms with Crippen molar-refractivity contribution in [2.45, 2.75) is 120 Å². The Morgan fingerprint density at radius 2 is 1.53 bits per heavy atom. The van der Waals surface area contributed by atoms with Crippen molar-refractivity contribution in [1.82, 2.24) is 4.90 Å². The number of rotatable bonds is 10. The van der Waals surface area contributed by atoms with Gasteiger partial charge in [0, 0.05) is 18.5 Å². The summed E-state index contributed by atoms with van der Waals surface area (Å²) in [6.45, 7) is 23.9. The first kappa shape index (κ1) is 29.6. The molecule has 0 aromatic heterocycles. The van der Waals surface area contributed by atoms with Crippen LogP contribution in [0.5, 0.6) is 0 Å². The van der Waals surface area contributed by atoms with E-state index in [1.807, 2.05) is 32.6 Å². The molecule has 7 heteroatoms. The maximum atomic E-state index is 13.3. The molecule has 1 N–H and O–H groups in total. The molecule has 2 atom stereocenters. The van der Waals surface area contributed by atoms with Gasteiger partial charge in [-0.1, -0.05) is 68.7 Å². The fourth-order valence-electron chi connectivity index (χ4n) is 5.37. The second kappa shape index (κ2) is 10.5. The van der Waals surface area contributed by atoms with E-state index in [2.05, 4.69) is 48.5 Å². The Hall–Kier alpha value is -0.420. The van der Waals surface area contributed by atoms with Crippen LogP contribution in [-0.2, 0) is 18.4 Å². The van der Waals surface area contributed by atoms with E-state index in [1.165, 1.54) is 0 Å². The molecule has 1 saturated heterocycles. The summed E-state index contributed by atoms with van der Waals surface area (Å²) in [6, 6.07) is 0. The molecule has 1 aliphatic heterocycles. The van der Waals surface area contributed by atoms with Crippen LogP contribution in [0.2, 0.25) is 0 Å². The maximum absolute atomic E-state index is 13.3. The smallest absolute Gasteiger partial charge is 0.342 e. The van der Waals surface area contributed by atoms with Gasteiger partial charge < -0.3 is 9.79 Å². The first-order chi connectivity index (χ1) is 14.2. The van der Waals surface area contributed by atoms with Gasteiger partial charge in [0.1, 0.15) is 0 Å². The Morgan fingerprint density at radius 1 is 1.03 bits per heavy atom. The minimum atomic E-state index is -4.19. The zero-order valence-electron chi connectivity index (χ0n) is 22.6. The molecule has 0 spiro atoms. The molecule has 1 rings (SSSR count). The summed E-state index contributed by atoms with van der Waals surface area (Å²) < 4.78 is 23.7. The average Bonchev–Trinajstić information content (AvgIpc) is 2.56. The first-order valence-electron chi connectivity index (χ1n) is 12.2. The van der Waals surface area contributed by atoms with Crippen molar-refractivity contribution in [1.29, 1.82) is 0 Å². The molecule has 2 unspecified atom stereocenters. The van der Waals surface area contributed by atoms with Crippen molar-refractivity contribution in [3.8, 4) is 0 Å². The topological polar surface area (TPSA) is 76.1 Å². The SMILES string of the molecule is CCC(C)C(C)(C)CC(C)(C)C(=O)N1CCC(OP(=O)(O)OC(C)(C)CC(C)(C)C)CC1. The van der Waals surface area contributed by atoms with Crippen molar-refractivity contribution in [2.24, 2.45) is 22.2 Å². The van der Waals surface area contributed by atoms with Crippen LogP contribution in [0.1, 0.15) is 108 Å². The number of phosphoric ester groups is 1. The minimum Gasteiger partial charge on any atom is -0.342 e. The fourth-order valence-corrected chi connectivity index (χ4v) is 6.69. The highest BCUT2D eigenvalue weighted by Crippen LogP contribution is 2.51. The summed E-state index contributed by atoms with van der Waals surface area (Å²) in [6.07, 6.45) is 3.22. The summed E-state index contributed by atoms with van der Waals surface area (Å²) in [7, 11) is -4.19. The third-order valence-electron chi connectivity index (χ3n) is 6.75. The summed E-state index contributed by atoms with van der Waals surface area (Å²) >= 11 is 0. The van der Waals surface area contributed by atoms with E-state index < -0.39 is 18.8 Å². The summed E-state index contributed by atoms with van der Waals surface area (Å²) in [5.74, 6) is 0.692. The summed E-state index contributed by atoms with van der Waals surface area (Å²) in [4.78, 5) is 25.5. The van der Waals surface area contributed by atoms with E-state index >= 15 is 0 Å². The largest absolute Gasteiger partial charge is 0.472 e. The molecule has 32 heavy (non-hydrogen) atoms. The molecule has 6 nitrogen and oxygen atoms in total. The molecule has 0 radical (unpaired) electrons. The fraction of sp³-hybridized carbons (Fsp3) is 0.960. The highest BCUT2D eigenvalue weighted by Gasteiger charge is 2.41. The van der Waals surface area contributed by atoms with Gasteiger partial charge in [-0.15, -0.1) is 0 Å². The molecular formula is C25H50NO5P. The van der Waals surface area contributed by atoms with Gasteiger partial charge in [0.05, 0.1) is 11.7 Å². The van der Waals surface area contributed by atoms with Crippen LogP contribution in [-0.4, -0.2) is 40.5 Å². The van der Waals surface area contributed by atoms with Gasteiger partial charge in [-0.2, -0.15) is 0 Å². The number of carbonyl (C=O) groups is 1. The molecule has 0 bridgehead atoms. The second-order valence-electron chi connectivity index (χ2n) is 13.0. The number of amides is 1. The van der Waals surface area contributed by atoms with Gasteiger partial charge in [-0.25, -0.2) is 4.57 Å². The van der Waals surface area contributed by atoms with E-state index in [0.29, 0.717) is 38.3 Å². The van der Waals surface area contributed by atoms with Crippen LogP contribution in [0.25, 0.3) is 0 Å². The lowest BCUT2D eigenvalue weighted by atomic mass is 9.67. The van der Waals surface area contributed by atoms with Gasteiger partial charge in [0.15, 0.2) is 0 Å². The van der Waals surface area contributed by atoms with Gasteiger partial charge in [0.25, 0.3) is 0 Å². The lowest BCUT2D eigenvalue weighted by molar-refractivity contribution is -0.144. The lowest BCUT2D eigenvalue weighted by Gasteiger charge is -2.42. The Bertz CT molecular complexity index is 672. The number of likely N-dealkylation sites (tertiary alicyclic amines) is 1. The van der Waals surface area contributed by atoms with Crippen molar-refractivity contribution >= 4 is 13.7 Å². The van der Waals surface area contributed by atoms with Gasteiger partial charge in [-0.05, 0) is 56.3 Å². The zero-order chi connectivity index (χ0) is 25.2. The van der Waals surface area contributed by atoms with Gasteiger partial charge >= 0.3 is 7.82 Å². The minimum absolute atomic E-state index is 0.0362. The normalized spacial score (nSPS) is 20.2. The van der Waals surface area contributed by atoms with Crippen LogP contribution in [0.15, 0.2) is 0 Å². The molecule has 1 heterocycles. The standard InChI is InChI=1S/C25H50NO5P/c1-12-19(2)23(6,7)18-24(8,9)21(27)26-15-13-20(14-16-26)30-32(28,29)31-25(10,11)17-22(3,4)5/h19-20H,12-18H2,1-11H3,(H,28,29). The molecule has 0 aromatic rings. The predicted molar refractivity (Wildman–Crippen MR) is 131 cm³/mol. The van der Waals surface area contributed by atoms with Crippen LogP contribution in [0, 0.1) is 22.2 Å². The molecule has 0 saturated carbocycles. The molecule has 1 aliphatic rings. The van der Waals surface area contributed by atoms with E-state index in [-0.39, 0.29) is 22.8 Å². The Balaban J connectivity index is 2.67. The van der Waals surface area contributed by atoms with E-state index in [0.717, 1.165) is 12.8 Å². The number of nitrogens with zero attached hydrogens (tertiary/aromatic N) is 1. The number of hydrogen-bond donors (Lipinski definition) is 1. The third kappa shape index (κ3) is 9.44.